The van der Waals surface area contributed by atoms with E-state index in [-0.39, 0.29) is 22.9 Å². The van der Waals surface area contributed by atoms with Crippen LogP contribution in [0.3, 0.4) is 0 Å². The molecule has 1 heterocycles. The molecule has 0 saturated carbocycles. The molecule has 2 aromatic rings. The van der Waals surface area contributed by atoms with Gasteiger partial charge >= 0.3 is 0 Å². The van der Waals surface area contributed by atoms with Gasteiger partial charge in [-0.15, -0.1) is 0 Å². The van der Waals surface area contributed by atoms with Crippen molar-refractivity contribution in [1.82, 2.24) is 4.57 Å². The molecule has 19 heavy (non-hydrogen) atoms. The van der Waals surface area contributed by atoms with Crippen molar-refractivity contribution in [3.05, 3.63) is 69.4 Å². The van der Waals surface area contributed by atoms with Crippen LogP contribution in [0, 0.1) is 12.7 Å². The number of benzene rings is 1. The van der Waals surface area contributed by atoms with Crippen LogP contribution in [0.25, 0.3) is 0 Å². The molecule has 0 saturated heterocycles. The summed E-state index contributed by atoms with van der Waals surface area (Å²) >= 11 is 4.93. The van der Waals surface area contributed by atoms with Crippen molar-refractivity contribution in [2.75, 3.05) is 0 Å². The Morgan fingerprint density at radius 2 is 2.11 bits per heavy atom. The molecule has 0 fully saturated rings. The predicted octanol–water partition coefficient (Wildman–Crippen LogP) is 1.98. The molecule has 5 heteroatoms. The maximum atomic E-state index is 13.3. The number of nitrogens with two attached hydrogens (primary N) is 1. The first-order valence-electron chi connectivity index (χ1n) is 5.72. The van der Waals surface area contributed by atoms with Gasteiger partial charge in [-0.25, -0.2) is 4.39 Å². The van der Waals surface area contributed by atoms with Crippen molar-refractivity contribution in [1.29, 1.82) is 0 Å². The minimum Gasteiger partial charge on any atom is -0.389 e. The third-order valence-corrected chi connectivity index (χ3v) is 3.04. The Balaban J connectivity index is 2.45. The van der Waals surface area contributed by atoms with Crippen LogP contribution in [0.1, 0.15) is 16.7 Å². The summed E-state index contributed by atoms with van der Waals surface area (Å²) in [6.07, 6.45) is 1.67. The maximum Gasteiger partial charge on any atom is 0.251 e. The summed E-state index contributed by atoms with van der Waals surface area (Å²) in [6, 6.07) is 7.53. The summed E-state index contributed by atoms with van der Waals surface area (Å²) in [5, 5.41) is 0. The average Bonchev–Trinajstić information content (AvgIpc) is 2.32. The summed E-state index contributed by atoms with van der Waals surface area (Å²) < 4.78 is 14.8. The summed E-state index contributed by atoms with van der Waals surface area (Å²) in [5.41, 5.74) is 7.53. The van der Waals surface area contributed by atoms with Crippen LogP contribution < -0.4 is 11.3 Å². The monoisotopic (exact) mass is 276 g/mol. The van der Waals surface area contributed by atoms with E-state index >= 15 is 0 Å². The van der Waals surface area contributed by atoms with E-state index in [0.717, 1.165) is 5.56 Å². The summed E-state index contributed by atoms with van der Waals surface area (Å²) in [7, 11) is 0. The van der Waals surface area contributed by atoms with Gasteiger partial charge in [-0.2, -0.15) is 0 Å². The number of nitrogens with zero attached hydrogens (tertiary/aromatic N) is 1. The fourth-order valence-corrected chi connectivity index (χ4v) is 2.05. The molecule has 0 unspecified atom stereocenters. The van der Waals surface area contributed by atoms with E-state index in [1.807, 2.05) is 13.0 Å². The van der Waals surface area contributed by atoms with Crippen molar-refractivity contribution in [2.45, 2.75) is 13.5 Å². The largest absolute Gasteiger partial charge is 0.389 e. The van der Waals surface area contributed by atoms with Gasteiger partial charge in [-0.05, 0) is 42.3 Å². The van der Waals surface area contributed by atoms with Crippen LogP contribution in [-0.2, 0) is 6.54 Å². The zero-order chi connectivity index (χ0) is 14.0. The van der Waals surface area contributed by atoms with Gasteiger partial charge in [-0.1, -0.05) is 12.2 Å². The lowest BCUT2D eigenvalue weighted by atomic mass is 10.1. The molecular formula is C14H13FN2OS. The SMILES string of the molecule is Cc1ccn(Cc2cc(F)ccc2C(N)=S)c(=O)c1. The zero-order valence-corrected chi connectivity index (χ0v) is 11.2. The van der Waals surface area contributed by atoms with Crippen molar-refractivity contribution < 1.29 is 4.39 Å². The zero-order valence-electron chi connectivity index (χ0n) is 10.4. The Morgan fingerprint density at radius 1 is 1.37 bits per heavy atom. The van der Waals surface area contributed by atoms with Crippen LogP contribution >= 0.6 is 12.2 Å². The molecule has 98 valence electrons. The molecule has 0 aliphatic carbocycles. The Morgan fingerprint density at radius 3 is 2.74 bits per heavy atom. The van der Waals surface area contributed by atoms with Gasteiger partial charge in [0.25, 0.3) is 5.56 Å². The number of aromatic nitrogens is 1. The molecule has 0 aliphatic heterocycles. The molecule has 0 aliphatic rings. The molecular weight excluding hydrogens is 263 g/mol. The Bertz CT molecular complexity index is 694. The molecule has 2 N–H and O–H groups in total. The molecule has 2 rings (SSSR count). The lowest BCUT2D eigenvalue weighted by Gasteiger charge is -2.10. The van der Waals surface area contributed by atoms with Crippen LogP contribution in [0.4, 0.5) is 4.39 Å². The topological polar surface area (TPSA) is 48.0 Å². The van der Waals surface area contributed by atoms with Gasteiger partial charge in [0.1, 0.15) is 10.8 Å². The number of aryl methyl sites for hydroxylation is 1. The molecule has 0 amide bonds. The van der Waals surface area contributed by atoms with Crippen molar-refractivity contribution >= 4 is 17.2 Å². The van der Waals surface area contributed by atoms with E-state index in [2.05, 4.69) is 0 Å². The molecule has 0 bridgehead atoms. The number of hydrogen-bond acceptors (Lipinski definition) is 2. The van der Waals surface area contributed by atoms with Crippen molar-refractivity contribution in [3.8, 4) is 0 Å². The average molecular weight is 276 g/mol. The number of rotatable bonds is 3. The maximum absolute atomic E-state index is 13.3. The second-order valence-corrected chi connectivity index (χ2v) is 4.78. The number of halogens is 1. The van der Waals surface area contributed by atoms with Crippen LogP contribution in [0.15, 0.2) is 41.3 Å². The lowest BCUT2D eigenvalue weighted by molar-refractivity contribution is 0.622. The number of thiocarbonyl (C=S) groups is 1. The molecule has 0 atom stereocenters. The molecule has 3 nitrogen and oxygen atoms in total. The van der Waals surface area contributed by atoms with E-state index in [0.29, 0.717) is 11.1 Å². The smallest absolute Gasteiger partial charge is 0.251 e. The lowest BCUT2D eigenvalue weighted by Crippen LogP contribution is -2.21. The van der Waals surface area contributed by atoms with Crippen LogP contribution in [0.5, 0.6) is 0 Å². The third-order valence-electron chi connectivity index (χ3n) is 2.83. The van der Waals surface area contributed by atoms with Gasteiger partial charge in [0.15, 0.2) is 0 Å². The van der Waals surface area contributed by atoms with Gasteiger partial charge in [0.05, 0.1) is 6.54 Å². The van der Waals surface area contributed by atoms with Gasteiger partial charge in [-0.3, -0.25) is 4.79 Å². The summed E-state index contributed by atoms with van der Waals surface area (Å²) in [4.78, 5) is 12.0. The highest BCUT2D eigenvalue weighted by molar-refractivity contribution is 7.80. The van der Waals surface area contributed by atoms with Gasteiger partial charge in [0.2, 0.25) is 0 Å². The second kappa shape index (κ2) is 5.32. The first kappa shape index (κ1) is 13.4. The fourth-order valence-electron chi connectivity index (χ4n) is 1.85. The second-order valence-electron chi connectivity index (χ2n) is 4.34. The highest BCUT2D eigenvalue weighted by Gasteiger charge is 2.08. The van der Waals surface area contributed by atoms with Crippen molar-refractivity contribution in [2.24, 2.45) is 5.73 Å². The highest BCUT2D eigenvalue weighted by Crippen LogP contribution is 2.12. The van der Waals surface area contributed by atoms with Gasteiger partial charge in [0, 0.05) is 17.8 Å². The summed E-state index contributed by atoms with van der Waals surface area (Å²) in [5.74, 6) is -0.379. The van der Waals surface area contributed by atoms with Crippen molar-refractivity contribution in [3.63, 3.8) is 0 Å². The van der Waals surface area contributed by atoms with E-state index in [4.69, 9.17) is 18.0 Å². The molecule has 0 spiro atoms. The highest BCUT2D eigenvalue weighted by atomic mass is 32.1. The predicted molar refractivity (Wildman–Crippen MR) is 76.8 cm³/mol. The Hall–Kier alpha value is -2.01. The molecule has 1 aromatic carbocycles. The first-order chi connectivity index (χ1) is 8.97. The Kier molecular flexibility index (Phi) is 3.76. The fraction of sp³-hybridized carbons (Fsp3) is 0.143. The Labute approximate surface area is 115 Å². The van der Waals surface area contributed by atoms with E-state index in [1.54, 1.807) is 6.20 Å². The normalized spacial score (nSPS) is 10.4. The standard InChI is InChI=1S/C14H13FN2OS/c1-9-4-5-17(13(18)6-9)8-10-7-11(15)2-3-12(10)14(16)19/h2-7H,8H2,1H3,(H2,16,19). The minimum absolute atomic E-state index is 0.141. The third kappa shape index (κ3) is 3.06. The molecule has 1 aromatic heterocycles. The molecule has 0 radical (unpaired) electrons. The quantitative estimate of drug-likeness (QED) is 0.872. The number of hydrogen-bond donors (Lipinski definition) is 1. The first-order valence-corrected chi connectivity index (χ1v) is 6.13. The van der Waals surface area contributed by atoms with E-state index in [9.17, 15) is 9.18 Å². The number of pyridine rings is 1. The van der Waals surface area contributed by atoms with E-state index < -0.39 is 0 Å². The minimum atomic E-state index is -0.379. The van der Waals surface area contributed by atoms with Crippen LogP contribution in [0.2, 0.25) is 0 Å². The van der Waals surface area contributed by atoms with Gasteiger partial charge < -0.3 is 10.3 Å². The summed E-state index contributed by atoms with van der Waals surface area (Å²) in [6.45, 7) is 2.08. The van der Waals surface area contributed by atoms with Crippen LogP contribution in [-0.4, -0.2) is 9.56 Å². The van der Waals surface area contributed by atoms with E-state index in [1.165, 1.54) is 28.8 Å².